The lowest BCUT2D eigenvalue weighted by Gasteiger charge is -2.43. The number of carbonyl (C=O) groups is 1. The number of piperazine rings is 1. The summed E-state index contributed by atoms with van der Waals surface area (Å²) in [5, 5.41) is 1.66. The average Bonchev–Trinajstić information content (AvgIpc) is 3.85. The molecule has 4 atom stereocenters. The number of pyridine rings is 1. The van der Waals surface area contributed by atoms with Gasteiger partial charge in [-0.1, -0.05) is 70.3 Å². The fourth-order valence-electron chi connectivity index (χ4n) is 12.2. The number of benzene rings is 2. The Balaban J connectivity index is 1.26. The SMILES string of the molecule is COCOc1cc(-c2ncc3c(N4C[C@H]5CC[C@@H](C4)N5C(=O)OC(C)(C)C)nc(OC[C@@]45CCCN4C[C@H](F)C5)nc3c2F)c2c(CC[Si](C(C)C)(C(C)C)C(C)C)c(F)ccc2c1. The molecule has 0 spiro atoms. The molecule has 11 nitrogen and oxygen atoms in total. The lowest BCUT2D eigenvalue weighted by Crippen LogP contribution is -2.57. The van der Waals surface area contributed by atoms with E-state index in [0.29, 0.717) is 88.0 Å². The minimum atomic E-state index is -1.97. The summed E-state index contributed by atoms with van der Waals surface area (Å²) in [5.41, 5.74) is 1.21. The van der Waals surface area contributed by atoms with Crippen molar-refractivity contribution in [2.24, 2.45) is 0 Å². The number of amides is 1. The molecule has 4 aromatic rings. The number of methoxy groups -OCH3 is 1. The lowest BCUT2D eigenvalue weighted by molar-refractivity contribution is 0.0122. The molecule has 2 aromatic heterocycles. The molecule has 0 aliphatic carbocycles. The van der Waals surface area contributed by atoms with E-state index < -0.39 is 31.2 Å². The van der Waals surface area contributed by atoms with Crippen molar-refractivity contribution < 1.29 is 36.9 Å². The van der Waals surface area contributed by atoms with Gasteiger partial charge in [-0.3, -0.25) is 14.8 Å². The Hall–Kier alpha value is -4.21. The Morgan fingerprint density at radius 3 is 2.33 bits per heavy atom. The van der Waals surface area contributed by atoms with Gasteiger partial charge in [0.15, 0.2) is 12.6 Å². The fraction of sp³-hybridized carbons (Fsp3) is 0.633. The lowest BCUT2D eigenvalue weighted by atomic mass is 9.94. The average molecular weight is 905 g/mol. The van der Waals surface area contributed by atoms with Gasteiger partial charge in [0.25, 0.3) is 0 Å². The number of fused-ring (bicyclic) bond motifs is 5. The summed E-state index contributed by atoms with van der Waals surface area (Å²) in [4.78, 5) is 34.1. The molecule has 4 fully saturated rings. The first-order valence-corrected chi connectivity index (χ1v) is 25.8. The quantitative estimate of drug-likeness (QED) is 0.0898. The maximum atomic E-state index is 17.9. The second-order valence-electron chi connectivity index (χ2n) is 20.8. The summed E-state index contributed by atoms with van der Waals surface area (Å²) >= 11 is 0. The van der Waals surface area contributed by atoms with Gasteiger partial charge in [-0.2, -0.15) is 9.97 Å². The van der Waals surface area contributed by atoms with Crippen molar-refractivity contribution in [3.63, 3.8) is 0 Å². The summed E-state index contributed by atoms with van der Waals surface area (Å²) in [6.45, 7) is 21.6. The molecule has 4 aliphatic heterocycles. The molecule has 2 aromatic carbocycles. The summed E-state index contributed by atoms with van der Waals surface area (Å²) in [6.07, 6.45) is 4.44. The van der Waals surface area contributed by atoms with E-state index in [4.69, 9.17) is 33.9 Å². The molecule has 0 N–H and O–H groups in total. The monoisotopic (exact) mass is 904 g/mol. The third kappa shape index (κ3) is 8.53. The molecule has 0 unspecified atom stereocenters. The number of halogens is 3. The highest BCUT2D eigenvalue weighted by Crippen LogP contribution is 2.47. The first kappa shape index (κ1) is 46.3. The summed E-state index contributed by atoms with van der Waals surface area (Å²) in [6, 6.07) is 7.31. The van der Waals surface area contributed by atoms with Crippen molar-refractivity contribution in [2.75, 3.05) is 51.6 Å². The predicted octanol–water partition coefficient (Wildman–Crippen LogP) is 10.9. The van der Waals surface area contributed by atoms with Crippen LogP contribution in [-0.2, 0) is 15.9 Å². The van der Waals surface area contributed by atoms with Crippen molar-refractivity contribution in [1.82, 2.24) is 24.8 Å². The Labute approximate surface area is 377 Å². The van der Waals surface area contributed by atoms with Crippen LogP contribution >= 0.6 is 0 Å². The zero-order valence-electron chi connectivity index (χ0n) is 39.4. The number of alkyl halides is 1. The van der Waals surface area contributed by atoms with Gasteiger partial charge < -0.3 is 23.8 Å². The second kappa shape index (κ2) is 17.9. The Morgan fingerprint density at radius 2 is 1.67 bits per heavy atom. The number of carbonyl (C=O) groups excluding carboxylic acids is 1. The van der Waals surface area contributed by atoms with Gasteiger partial charge in [-0.25, -0.2) is 18.0 Å². The second-order valence-corrected chi connectivity index (χ2v) is 27.0. The van der Waals surface area contributed by atoms with Crippen molar-refractivity contribution in [3.8, 4) is 23.0 Å². The van der Waals surface area contributed by atoms with E-state index in [2.05, 4.69) is 51.3 Å². The Bertz CT molecular complexity index is 2340. The van der Waals surface area contributed by atoms with E-state index in [1.165, 1.54) is 13.2 Å². The van der Waals surface area contributed by atoms with E-state index >= 15 is 8.78 Å². The smallest absolute Gasteiger partial charge is 0.410 e. The van der Waals surface area contributed by atoms with Crippen LogP contribution in [0, 0.1) is 11.6 Å². The molecular weight excluding hydrogens is 838 g/mol. The number of aryl methyl sites for hydroxylation is 1. The topological polar surface area (TPSA) is 102 Å². The summed E-state index contributed by atoms with van der Waals surface area (Å²) < 4.78 is 72.7. The van der Waals surface area contributed by atoms with Crippen molar-refractivity contribution in [3.05, 3.63) is 47.7 Å². The normalized spacial score (nSPS) is 22.8. The summed E-state index contributed by atoms with van der Waals surface area (Å²) in [7, 11) is -0.437. The van der Waals surface area contributed by atoms with E-state index in [1.54, 1.807) is 18.3 Å². The first-order chi connectivity index (χ1) is 30.4. The van der Waals surface area contributed by atoms with Crippen LogP contribution in [0.1, 0.15) is 100.0 Å². The van der Waals surface area contributed by atoms with Gasteiger partial charge in [0, 0.05) is 44.9 Å². The van der Waals surface area contributed by atoms with E-state index in [1.807, 2.05) is 31.7 Å². The molecule has 15 heteroatoms. The minimum absolute atomic E-state index is 0.00245. The molecule has 4 aliphatic rings. The van der Waals surface area contributed by atoms with Gasteiger partial charge in [-0.15, -0.1) is 0 Å². The highest BCUT2D eigenvalue weighted by atomic mass is 28.3. The van der Waals surface area contributed by atoms with Crippen molar-refractivity contribution in [1.29, 1.82) is 0 Å². The van der Waals surface area contributed by atoms with Crippen LogP contribution in [0.4, 0.5) is 23.8 Å². The van der Waals surface area contributed by atoms with E-state index in [-0.39, 0.29) is 54.6 Å². The van der Waals surface area contributed by atoms with Gasteiger partial charge >= 0.3 is 12.1 Å². The molecule has 2 bridgehead atoms. The molecule has 64 heavy (non-hydrogen) atoms. The maximum Gasteiger partial charge on any atom is 0.410 e. The third-order valence-corrected chi connectivity index (χ3v) is 22.6. The van der Waals surface area contributed by atoms with E-state index in [0.717, 1.165) is 38.3 Å². The van der Waals surface area contributed by atoms with E-state index in [9.17, 15) is 9.18 Å². The fourth-order valence-corrected chi connectivity index (χ4v) is 18.6. The zero-order chi connectivity index (χ0) is 45.9. The first-order valence-electron chi connectivity index (χ1n) is 23.4. The van der Waals surface area contributed by atoms with Crippen molar-refractivity contribution >= 4 is 41.7 Å². The number of nitrogens with zero attached hydrogens (tertiary/aromatic N) is 6. The number of aromatic nitrogens is 3. The van der Waals surface area contributed by atoms with Crippen LogP contribution in [-0.4, -0.2) is 115 Å². The van der Waals surface area contributed by atoms with Crippen LogP contribution in [0.2, 0.25) is 22.7 Å². The van der Waals surface area contributed by atoms with Crippen LogP contribution in [0.5, 0.6) is 11.8 Å². The largest absolute Gasteiger partial charge is 0.468 e. The maximum absolute atomic E-state index is 17.9. The van der Waals surface area contributed by atoms with Crippen LogP contribution in [0.3, 0.4) is 0 Å². The van der Waals surface area contributed by atoms with Gasteiger partial charge in [0.1, 0.15) is 47.0 Å². The third-order valence-electron chi connectivity index (χ3n) is 15.0. The number of ether oxygens (including phenoxy) is 4. The molecule has 8 rings (SSSR count). The molecule has 0 saturated carbocycles. The number of hydrogen-bond donors (Lipinski definition) is 0. The van der Waals surface area contributed by atoms with Crippen LogP contribution in [0.25, 0.3) is 32.9 Å². The standard InChI is InChI=1S/C49H67F3N6O5Si/c1-29(2)64(30(3)4,31(5)6)19-16-37-40(51)15-12-32-20-36(62-28-60-10)21-38(41(32)37)43-42(52)44-39(23-53-43)45(55-46(54-44)61-27-49-17-11-18-57(49)24-33(50)22-49)56-25-34-13-14-35(26-56)58(34)47(59)63-48(7,8)9/h12,15,20-21,23,29-31,33-35H,11,13-14,16-19,22,24-28H2,1-10H3/t33-,34-,35+,49+/m1/s1. The summed E-state index contributed by atoms with van der Waals surface area (Å²) in [5.74, 6) is -0.182. The number of rotatable bonds is 14. The minimum Gasteiger partial charge on any atom is -0.468 e. The van der Waals surface area contributed by atoms with Crippen LogP contribution in [0.15, 0.2) is 30.5 Å². The molecular formula is C49H67F3N6O5Si. The van der Waals surface area contributed by atoms with Crippen LogP contribution < -0.4 is 14.4 Å². The number of anilines is 1. The molecule has 0 radical (unpaired) electrons. The molecule has 348 valence electrons. The number of hydrogen-bond acceptors (Lipinski definition) is 10. The Kier molecular flexibility index (Phi) is 12.9. The molecule has 4 saturated heterocycles. The highest BCUT2D eigenvalue weighted by Gasteiger charge is 2.50. The molecule has 6 heterocycles. The van der Waals surface area contributed by atoms with Crippen molar-refractivity contribution in [2.45, 2.75) is 153 Å². The van der Waals surface area contributed by atoms with Gasteiger partial charge in [0.2, 0.25) is 0 Å². The predicted molar refractivity (Wildman–Crippen MR) is 248 cm³/mol. The van der Waals surface area contributed by atoms with Gasteiger partial charge in [-0.05, 0) is 94.0 Å². The molecule has 1 amide bonds. The highest BCUT2D eigenvalue weighted by molar-refractivity contribution is 6.83. The zero-order valence-corrected chi connectivity index (χ0v) is 40.4. The Morgan fingerprint density at radius 1 is 0.969 bits per heavy atom. The van der Waals surface area contributed by atoms with Gasteiger partial charge in [0.05, 0.1) is 31.1 Å².